The summed E-state index contributed by atoms with van der Waals surface area (Å²) in [7, 11) is 3.51. The second-order valence-electron chi connectivity index (χ2n) is 4.00. The summed E-state index contributed by atoms with van der Waals surface area (Å²) in [5.74, 6) is -0.831. The van der Waals surface area contributed by atoms with Gasteiger partial charge in [0.05, 0.1) is 10.9 Å². The van der Waals surface area contributed by atoms with Gasteiger partial charge in [-0.1, -0.05) is 0 Å². The first-order chi connectivity index (χ1) is 7.91. The number of nitrogens with zero attached hydrogens (tertiary/aromatic N) is 3. The number of halogens is 3. The zero-order valence-corrected chi connectivity index (χ0v) is 10.5. The van der Waals surface area contributed by atoms with Crippen molar-refractivity contribution in [3.63, 3.8) is 0 Å². The molecule has 2 rings (SSSR count). The minimum Gasteiger partial charge on any atom is -0.317 e. The highest BCUT2D eigenvalue weighted by molar-refractivity contribution is 6.20. The van der Waals surface area contributed by atoms with Crippen LogP contribution in [0.4, 0.5) is 8.78 Å². The number of hydrogen-bond acceptors (Lipinski definition) is 2. The van der Waals surface area contributed by atoms with Gasteiger partial charge in [0, 0.05) is 26.2 Å². The third-order valence-electron chi connectivity index (χ3n) is 2.44. The van der Waals surface area contributed by atoms with Crippen LogP contribution in [0.1, 0.15) is 18.1 Å². The molecule has 0 radical (unpaired) electrons. The molecule has 0 spiro atoms. The van der Waals surface area contributed by atoms with Gasteiger partial charge in [-0.25, -0.2) is 18.4 Å². The average molecular weight is 260 g/mol. The lowest BCUT2D eigenvalue weighted by Gasteiger charge is -2.19. The molecule has 6 heteroatoms. The van der Waals surface area contributed by atoms with E-state index < -0.39 is 17.0 Å². The molecule has 0 bridgehead atoms. The van der Waals surface area contributed by atoms with E-state index in [-0.39, 0.29) is 5.52 Å². The second kappa shape index (κ2) is 4.14. The third kappa shape index (κ3) is 1.95. The van der Waals surface area contributed by atoms with Crippen LogP contribution in [-0.2, 0) is 0 Å². The van der Waals surface area contributed by atoms with Gasteiger partial charge in [-0.15, -0.1) is 11.6 Å². The number of aromatic nitrogens is 2. The first-order valence-electron chi connectivity index (χ1n) is 5.11. The van der Waals surface area contributed by atoms with Gasteiger partial charge in [0.1, 0.15) is 17.2 Å². The molecular formula is C11H12ClF2N3. The highest BCUT2D eigenvalue weighted by Gasteiger charge is 2.19. The Morgan fingerprint density at radius 1 is 1.35 bits per heavy atom. The maximum absolute atomic E-state index is 13.6. The molecule has 0 saturated carbocycles. The molecule has 0 aliphatic carbocycles. The summed E-state index contributed by atoms with van der Waals surface area (Å²) in [6.07, 6.45) is 0. The van der Waals surface area contributed by atoms with Gasteiger partial charge >= 0.3 is 0 Å². The summed E-state index contributed by atoms with van der Waals surface area (Å²) in [5.41, 5.74) is 0.498. The Morgan fingerprint density at radius 2 is 2.00 bits per heavy atom. The number of imidazole rings is 1. The molecule has 1 unspecified atom stereocenters. The van der Waals surface area contributed by atoms with Crippen LogP contribution in [-0.4, -0.2) is 23.8 Å². The van der Waals surface area contributed by atoms with Crippen LogP contribution in [0.2, 0.25) is 0 Å². The number of rotatable bonds is 2. The van der Waals surface area contributed by atoms with Crippen molar-refractivity contribution in [3.8, 4) is 0 Å². The van der Waals surface area contributed by atoms with E-state index in [1.165, 1.54) is 6.07 Å². The monoisotopic (exact) mass is 259 g/mol. The molecular weight excluding hydrogens is 248 g/mol. The van der Waals surface area contributed by atoms with E-state index >= 15 is 0 Å². The molecule has 1 aromatic heterocycles. The summed E-state index contributed by atoms with van der Waals surface area (Å²) < 4.78 is 28.4. The maximum atomic E-state index is 13.6. The maximum Gasteiger partial charge on any atom is 0.154 e. The molecule has 3 nitrogen and oxygen atoms in total. The summed E-state index contributed by atoms with van der Waals surface area (Å²) in [6, 6.07) is 2.06. The Bertz CT molecular complexity index is 563. The van der Waals surface area contributed by atoms with Crippen molar-refractivity contribution in [3.05, 3.63) is 29.6 Å². The number of alkyl halides is 1. The number of hydrogen-bond donors (Lipinski definition) is 0. The van der Waals surface area contributed by atoms with E-state index in [4.69, 9.17) is 11.6 Å². The highest BCUT2D eigenvalue weighted by atomic mass is 35.5. The van der Waals surface area contributed by atoms with Crippen LogP contribution in [0, 0.1) is 11.6 Å². The fourth-order valence-electron chi connectivity index (χ4n) is 1.79. The van der Waals surface area contributed by atoms with Crippen LogP contribution in [0.5, 0.6) is 0 Å². The zero-order valence-electron chi connectivity index (χ0n) is 9.71. The van der Waals surface area contributed by atoms with Crippen molar-refractivity contribution in [2.75, 3.05) is 19.1 Å². The molecule has 0 amide bonds. The molecule has 2 aromatic rings. The molecule has 0 aliphatic rings. The standard InChI is InChI=1S/C11H12ClF2N3/c1-6(12)11-15-10-8(14)4-7(13)5-9(10)17(11)16(2)3/h4-6H,1-3H3. The molecule has 0 fully saturated rings. The Morgan fingerprint density at radius 3 is 2.53 bits per heavy atom. The van der Waals surface area contributed by atoms with E-state index in [2.05, 4.69) is 4.98 Å². The van der Waals surface area contributed by atoms with Gasteiger partial charge in [0.15, 0.2) is 5.82 Å². The lowest BCUT2D eigenvalue weighted by molar-refractivity contribution is 0.590. The van der Waals surface area contributed by atoms with Crippen LogP contribution in [0.15, 0.2) is 12.1 Å². The predicted octanol–water partition coefficient (Wildman–Crippen LogP) is 2.81. The Balaban J connectivity index is 2.85. The van der Waals surface area contributed by atoms with Crippen molar-refractivity contribution in [2.45, 2.75) is 12.3 Å². The minimum absolute atomic E-state index is 0.127. The largest absolute Gasteiger partial charge is 0.317 e. The number of benzene rings is 1. The van der Waals surface area contributed by atoms with Gasteiger partial charge in [0.25, 0.3) is 0 Å². The van der Waals surface area contributed by atoms with Crippen molar-refractivity contribution < 1.29 is 8.78 Å². The summed E-state index contributed by atoms with van der Waals surface area (Å²) in [5, 5.41) is 1.29. The van der Waals surface area contributed by atoms with E-state index in [0.717, 1.165) is 6.07 Å². The highest BCUT2D eigenvalue weighted by Crippen LogP contribution is 2.26. The predicted molar refractivity (Wildman–Crippen MR) is 64.0 cm³/mol. The van der Waals surface area contributed by atoms with Crippen LogP contribution in [0.25, 0.3) is 11.0 Å². The molecule has 0 saturated heterocycles. The number of fused-ring (bicyclic) bond motifs is 1. The summed E-state index contributed by atoms with van der Waals surface area (Å²) >= 11 is 5.99. The SMILES string of the molecule is CC(Cl)c1nc2c(F)cc(F)cc2n1N(C)C. The van der Waals surface area contributed by atoms with E-state index in [0.29, 0.717) is 11.3 Å². The van der Waals surface area contributed by atoms with E-state index in [1.807, 2.05) is 0 Å². The smallest absolute Gasteiger partial charge is 0.154 e. The first-order valence-corrected chi connectivity index (χ1v) is 5.54. The van der Waals surface area contributed by atoms with E-state index in [1.54, 1.807) is 30.7 Å². The molecule has 92 valence electrons. The van der Waals surface area contributed by atoms with Crippen molar-refractivity contribution in [1.29, 1.82) is 0 Å². The molecule has 1 heterocycles. The minimum atomic E-state index is -0.681. The molecule has 0 aliphatic heterocycles. The molecule has 0 N–H and O–H groups in total. The van der Waals surface area contributed by atoms with Crippen molar-refractivity contribution in [2.24, 2.45) is 0 Å². The fourth-order valence-corrected chi connectivity index (χ4v) is 1.93. The Kier molecular flexibility index (Phi) is 2.95. The van der Waals surface area contributed by atoms with Crippen LogP contribution < -0.4 is 5.01 Å². The van der Waals surface area contributed by atoms with Crippen LogP contribution >= 0.6 is 11.6 Å². The lowest BCUT2D eigenvalue weighted by Crippen LogP contribution is -2.27. The van der Waals surface area contributed by atoms with Gasteiger partial charge in [-0.05, 0) is 6.92 Å². The topological polar surface area (TPSA) is 21.1 Å². The normalized spacial score (nSPS) is 13.1. The van der Waals surface area contributed by atoms with Gasteiger partial charge in [-0.2, -0.15) is 0 Å². The third-order valence-corrected chi connectivity index (χ3v) is 2.63. The Hall–Kier alpha value is -1.36. The quantitative estimate of drug-likeness (QED) is 0.774. The van der Waals surface area contributed by atoms with Gasteiger partial charge in [0.2, 0.25) is 0 Å². The fraction of sp³-hybridized carbons (Fsp3) is 0.364. The van der Waals surface area contributed by atoms with Crippen molar-refractivity contribution in [1.82, 2.24) is 9.66 Å². The first kappa shape index (κ1) is 12.1. The van der Waals surface area contributed by atoms with E-state index in [9.17, 15) is 8.78 Å². The molecule has 1 atom stereocenters. The van der Waals surface area contributed by atoms with Gasteiger partial charge in [-0.3, -0.25) is 0 Å². The van der Waals surface area contributed by atoms with Gasteiger partial charge < -0.3 is 5.01 Å². The lowest BCUT2D eigenvalue weighted by atomic mass is 10.3. The zero-order chi connectivity index (χ0) is 12.7. The van der Waals surface area contributed by atoms with Crippen LogP contribution in [0.3, 0.4) is 0 Å². The summed E-state index contributed by atoms with van der Waals surface area (Å²) in [4.78, 5) is 4.12. The Labute approximate surface area is 103 Å². The van der Waals surface area contributed by atoms with Crippen molar-refractivity contribution >= 4 is 22.6 Å². The molecule has 1 aromatic carbocycles. The molecule has 17 heavy (non-hydrogen) atoms. The average Bonchev–Trinajstić information content (AvgIpc) is 2.56. The second-order valence-corrected chi connectivity index (χ2v) is 4.66. The summed E-state index contributed by atoms with van der Waals surface area (Å²) in [6.45, 7) is 1.73.